The molecule has 0 unspecified atom stereocenters. The minimum Gasteiger partial charge on any atom is -0.483 e. The molecule has 19 heavy (non-hydrogen) atoms. The molecule has 0 aliphatic carbocycles. The second-order valence-electron chi connectivity index (χ2n) is 4.34. The van der Waals surface area contributed by atoms with E-state index in [4.69, 9.17) is 9.94 Å². The van der Waals surface area contributed by atoms with Crippen molar-refractivity contribution in [1.29, 1.82) is 0 Å². The van der Waals surface area contributed by atoms with E-state index in [-0.39, 0.29) is 30.0 Å². The summed E-state index contributed by atoms with van der Waals surface area (Å²) >= 11 is 0. The maximum Gasteiger partial charge on any atom is 0.258 e. The van der Waals surface area contributed by atoms with Crippen LogP contribution >= 0.6 is 0 Å². The van der Waals surface area contributed by atoms with E-state index in [9.17, 15) is 9.18 Å². The summed E-state index contributed by atoms with van der Waals surface area (Å²) in [4.78, 5) is 11.5. The standard InChI is InChI=1S/C13H17FN2O3/c1-8(2)15-13(17)7-19-12-6-10(14)4-5-11(12)9(3)16-18/h4-6,8,18H,7H2,1-3H3,(H,15,17). The van der Waals surface area contributed by atoms with Gasteiger partial charge in [0.2, 0.25) is 0 Å². The normalized spacial score (nSPS) is 11.5. The molecular formula is C13H17FN2O3. The van der Waals surface area contributed by atoms with Crippen molar-refractivity contribution in [2.24, 2.45) is 5.16 Å². The molecule has 5 nitrogen and oxygen atoms in total. The molecule has 0 aliphatic heterocycles. The first-order valence-corrected chi connectivity index (χ1v) is 5.84. The van der Waals surface area contributed by atoms with Gasteiger partial charge in [0.25, 0.3) is 5.91 Å². The highest BCUT2D eigenvalue weighted by molar-refractivity contribution is 6.00. The first-order chi connectivity index (χ1) is 8.93. The van der Waals surface area contributed by atoms with E-state index >= 15 is 0 Å². The summed E-state index contributed by atoms with van der Waals surface area (Å²) in [6.07, 6.45) is 0. The SMILES string of the molecule is CC(=NO)c1ccc(F)cc1OCC(=O)NC(C)C. The molecule has 0 radical (unpaired) electrons. The van der Waals surface area contributed by atoms with Crippen LogP contribution in [0.25, 0.3) is 0 Å². The van der Waals surface area contributed by atoms with Crippen molar-refractivity contribution >= 4 is 11.6 Å². The van der Waals surface area contributed by atoms with Crippen LogP contribution in [0.1, 0.15) is 26.3 Å². The van der Waals surface area contributed by atoms with Gasteiger partial charge in [0.15, 0.2) is 6.61 Å². The van der Waals surface area contributed by atoms with Crippen LogP contribution < -0.4 is 10.1 Å². The third kappa shape index (κ3) is 4.57. The van der Waals surface area contributed by atoms with Crippen molar-refractivity contribution in [3.05, 3.63) is 29.6 Å². The van der Waals surface area contributed by atoms with Gasteiger partial charge in [0.05, 0.1) is 5.71 Å². The number of nitrogens with zero attached hydrogens (tertiary/aromatic N) is 1. The number of rotatable bonds is 5. The highest BCUT2D eigenvalue weighted by atomic mass is 19.1. The Morgan fingerprint density at radius 1 is 1.53 bits per heavy atom. The van der Waals surface area contributed by atoms with E-state index in [1.807, 2.05) is 13.8 Å². The van der Waals surface area contributed by atoms with Gasteiger partial charge in [-0.1, -0.05) is 5.16 Å². The number of hydrogen-bond acceptors (Lipinski definition) is 4. The van der Waals surface area contributed by atoms with Gasteiger partial charge in [-0.05, 0) is 32.9 Å². The van der Waals surface area contributed by atoms with Crippen LogP contribution in [0.2, 0.25) is 0 Å². The molecule has 0 aromatic heterocycles. The van der Waals surface area contributed by atoms with Crippen molar-refractivity contribution in [2.75, 3.05) is 6.61 Å². The topological polar surface area (TPSA) is 70.9 Å². The van der Waals surface area contributed by atoms with Gasteiger partial charge in [0.1, 0.15) is 11.6 Å². The van der Waals surface area contributed by atoms with Gasteiger partial charge in [-0.25, -0.2) is 4.39 Å². The number of hydrogen-bond donors (Lipinski definition) is 2. The van der Waals surface area contributed by atoms with E-state index in [1.165, 1.54) is 12.1 Å². The van der Waals surface area contributed by atoms with Crippen molar-refractivity contribution in [1.82, 2.24) is 5.32 Å². The van der Waals surface area contributed by atoms with Crippen LogP contribution in [-0.4, -0.2) is 29.5 Å². The Labute approximate surface area is 111 Å². The highest BCUT2D eigenvalue weighted by Crippen LogP contribution is 2.20. The number of carbonyl (C=O) groups is 1. The molecule has 0 saturated heterocycles. The molecule has 0 fully saturated rings. The Kier molecular flexibility index (Phi) is 5.29. The van der Waals surface area contributed by atoms with Crippen molar-refractivity contribution in [3.63, 3.8) is 0 Å². The zero-order chi connectivity index (χ0) is 14.4. The molecule has 1 rings (SSSR count). The molecule has 104 valence electrons. The van der Waals surface area contributed by atoms with E-state index in [0.29, 0.717) is 5.56 Å². The molecule has 1 aromatic carbocycles. The quantitative estimate of drug-likeness (QED) is 0.487. The lowest BCUT2D eigenvalue weighted by molar-refractivity contribution is -0.123. The van der Waals surface area contributed by atoms with E-state index in [1.54, 1.807) is 6.92 Å². The number of benzene rings is 1. The molecule has 0 saturated carbocycles. The Hall–Kier alpha value is -2.11. The molecule has 6 heteroatoms. The lowest BCUT2D eigenvalue weighted by Gasteiger charge is -2.12. The molecular weight excluding hydrogens is 251 g/mol. The summed E-state index contributed by atoms with van der Waals surface area (Å²) in [6, 6.07) is 3.81. The Bertz CT molecular complexity index is 487. The summed E-state index contributed by atoms with van der Waals surface area (Å²) < 4.78 is 18.4. The second kappa shape index (κ2) is 6.72. The second-order valence-corrected chi connectivity index (χ2v) is 4.34. The molecule has 0 aliphatic rings. The van der Waals surface area contributed by atoms with Crippen molar-refractivity contribution in [3.8, 4) is 5.75 Å². The zero-order valence-corrected chi connectivity index (χ0v) is 11.1. The number of carbonyl (C=O) groups excluding carboxylic acids is 1. The largest absolute Gasteiger partial charge is 0.483 e. The van der Waals surface area contributed by atoms with Crippen LogP contribution in [0.5, 0.6) is 5.75 Å². The molecule has 0 heterocycles. The highest BCUT2D eigenvalue weighted by Gasteiger charge is 2.11. The van der Waals surface area contributed by atoms with Gasteiger partial charge in [-0.3, -0.25) is 4.79 Å². The number of amides is 1. The summed E-state index contributed by atoms with van der Waals surface area (Å²) in [7, 11) is 0. The van der Waals surface area contributed by atoms with Gasteiger partial charge in [-0.15, -0.1) is 0 Å². The summed E-state index contributed by atoms with van der Waals surface area (Å²) in [6.45, 7) is 4.98. The van der Waals surface area contributed by atoms with Crippen LogP contribution in [0.15, 0.2) is 23.4 Å². The third-order valence-corrected chi connectivity index (χ3v) is 2.29. The average molecular weight is 268 g/mol. The predicted molar refractivity (Wildman–Crippen MR) is 69.2 cm³/mol. The Morgan fingerprint density at radius 2 is 2.21 bits per heavy atom. The van der Waals surface area contributed by atoms with Gasteiger partial charge in [-0.2, -0.15) is 0 Å². The van der Waals surface area contributed by atoms with Crippen molar-refractivity contribution in [2.45, 2.75) is 26.8 Å². The van der Waals surface area contributed by atoms with Crippen LogP contribution in [-0.2, 0) is 4.79 Å². The minimum atomic E-state index is -0.492. The fourth-order valence-corrected chi connectivity index (χ4v) is 1.48. The fourth-order valence-electron chi connectivity index (χ4n) is 1.48. The molecule has 0 spiro atoms. The van der Waals surface area contributed by atoms with Gasteiger partial charge < -0.3 is 15.3 Å². The predicted octanol–water partition coefficient (Wildman–Crippen LogP) is 1.93. The first-order valence-electron chi connectivity index (χ1n) is 5.84. The number of ether oxygens (including phenoxy) is 1. The first kappa shape index (κ1) is 14.9. The Morgan fingerprint density at radius 3 is 2.79 bits per heavy atom. The van der Waals surface area contributed by atoms with Crippen LogP contribution in [0.4, 0.5) is 4.39 Å². The average Bonchev–Trinajstić information content (AvgIpc) is 2.34. The number of nitrogens with one attached hydrogen (secondary N) is 1. The summed E-state index contributed by atoms with van der Waals surface area (Å²) in [5.41, 5.74) is 0.709. The lowest BCUT2D eigenvalue weighted by atomic mass is 10.1. The monoisotopic (exact) mass is 268 g/mol. The van der Waals surface area contributed by atoms with Crippen molar-refractivity contribution < 1.29 is 19.1 Å². The van der Waals surface area contributed by atoms with Crippen LogP contribution in [0, 0.1) is 5.82 Å². The maximum absolute atomic E-state index is 13.2. The van der Waals surface area contributed by atoms with E-state index in [2.05, 4.69) is 10.5 Å². The van der Waals surface area contributed by atoms with Crippen LogP contribution in [0.3, 0.4) is 0 Å². The molecule has 1 aromatic rings. The molecule has 0 atom stereocenters. The Balaban J connectivity index is 2.82. The summed E-state index contributed by atoms with van der Waals surface area (Å²) in [5.74, 6) is -0.633. The summed E-state index contributed by atoms with van der Waals surface area (Å²) in [5, 5.41) is 14.4. The van der Waals surface area contributed by atoms with E-state index < -0.39 is 5.82 Å². The van der Waals surface area contributed by atoms with E-state index in [0.717, 1.165) is 6.07 Å². The smallest absolute Gasteiger partial charge is 0.258 e. The lowest BCUT2D eigenvalue weighted by Crippen LogP contribution is -2.34. The minimum absolute atomic E-state index is 0.00354. The molecule has 0 bridgehead atoms. The zero-order valence-electron chi connectivity index (χ0n) is 11.1. The fraction of sp³-hybridized carbons (Fsp3) is 0.385. The molecule has 2 N–H and O–H groups in total. The molecule has 1 amide bonds. The number of oxime groups is 1. The third-order valence-electron chi connectivity index (χ3n) is 2.29. The maximum atomic E-state index is 13.2. The number of halogens is 1. The van der Waals surface area contributed by atoms with Gasteiger partial charge >= 0.3 is 0 Å². The van der Waals surface area contributed by atoms with Gasteiger partial charge in [0, 0.05) is 17.7 Å².